The number of hydrogen-bond acceptors (Lipinski definition) is 7. The number of hydrogen-bond donors (Lipinski definition) is 1. The molecule has 1 N–H and O–H groups in total. The van der Waals surface area contributed by atoms with Crippen molar-refractivity contribution in [1.29, 1.82) is 0 Å². The Hall–Kier alpha value is -5.28. The maximum atomic E-state index is 13.4. The zero-order chi connectivity index (χ0) is 40.3. The summed E-state index contributed by atoms with van der Waals surface area (Å²) in [6, 6.07) is 23.7. The smallest absolute Gasteiger partial charge is 0.407 e. The summed E-state index contributed by atoms with van der Waals surface area (Å²) in [6.45, 7) is 15.8. The Kier molecular flexibility index (Phi) is 14.6. The maximum absolute atomic E-state index is 13.4. The molecular formula is C44H56N4O7. The predicted octanol–water partition coefficient (Wildman–Crippen LogP) is 7.56. The predicted molar refractivity (Wildman–Crippen MR) is 212 cm³/mol. The van der Waals surface area contributed by atoms with Gasteiger partial charge in [0.25, 0.3) is 5.91 Å². The molecule has 3 aliphatic rings. The van der Waals surface area contributed by atoms with Crippen LogP contribution in [0.15, 0.2) is 72.8 Å². The van der Waals surface area contributed by atoms with E-state index in [1.54, 1.807) is 4.90 Å². The molecule has 1 fully saturated rings. The topological polar surface area (TPSA) is 133 Å². The standard InChI is InChI=1S/C23H34N2O2.C20H22N2O3.CO2/c1-6-14-24-20-15-17(12-13-19(20)23(4,5)22(24)27)21(26)25(16(2)3)18-10-8-7-9-11-18;1-20(2)16-10-6-7-11-17(16)22(18(20)23)13-12-21-19(24)25-14-15-8-4-3-5-9-15;2-1-3/h12-13,15-16,18H,6-11,14H2,1-5H3;3-11H,12-14H2,1-2H3,(H,21,24);. The number of nitrogens with one attached hydrogen (secondary N) is 1. The second-order valence-electron chi connectivity index (χ2n) is 15.6. The Morgan fingerprint density at radius 1 is 0.818 bits per heavy atom. The lowest BCUT2D eigenvalue weighted by Gasteiger charge is -2.37. The van der Waals surface area contributed by atoms with Crippen LogP contribution in [0.2, 0.25) is 0 Å². The van der Waals surface area contributed by atoms with Gasteiger partial charge in [0, 0.05) is 48.7 Å². The van der Waals surface area contributed by atoms with E-state index in [1.165, 1.54) is 19.3 Å². The van der Waals surface area contributed by atoms with Crippen LogP contribution in [-0.4, -0.2) is 66.6 Å². The van der Waals surface area contributed by atoms with E-state index >= 15 is 0 Å². The summed E-state index contributed by atoms with van der Waals surface area (Å²) in [6.07, 6.45) is 6.56. The van der Waals surface area contributed by atoms with E-state index in [0.717, 1.165) is 47.3 Å². The van der Waals surface area contributed by atoms with E-state index in [4.69, 9.17) is 14.3 Å². The second-order valence-corrected chi connectivity index (χ2v) is 15.6. The molecular weight excluding hydrogens is 697 g/mol. The van der Waals surface area contributed by atoms with Crippen LogP contribution in [-0.2, 0) is 41.4 Å². The van der Waals surface area contributed by atoms with Crippen molar-refractivity contribution in [3.8, 4) is 0 Å². The SMILES string of the molecule is CC1(C)C(=O)N(CCNC(=O)OCc2ccccc2)c2ccccc21.CCCN1C(=O)C(C)(C)c2ccc(C(=O)N(C(C)C)C3CCCCC3)cc21.O=C=O. The lowest BCUT2D eigenvalue weighted by molar-refractivity contribution is -0.191. The zero-order valence-electron chi connectivity index (χ0n) is 33.4. The molecule has 11 heteroatoms. The van der Waals surface area contributed by atoms with Crippen LogP contribution in [0.4, 0.5) is 16.2 Å². The normalized spacial score (nSPS) is 16.5. The number of alkyl carbamates (subject to hydrolysis) is 1. The van der Waals surface area contributed by atoms with Gasteiger partial charge >= 0.3 is 12.2 Å². The fourth-order valence-corrected chi connectivity index (χ4v) is 7.82. The van der Waals surface area contributed by atoms with Gasteiger partial charge in [-0.15, -0.1) is 0 Å². The Balaban J connectivity index is 0.000000229. The molecule has 294 valence electrons. The third kappa shape index (κ3) is 9.70. The summed E-state index contributed by atoms with van der Waals surface area (Å²) >= 11 is 0. The Morgan fingerprint density at radius 2 is 1.38 bits per heavy atom. The number of nitrogens with zero attached hydrogens (tertiary/aromatic N) is 3. The number of ether oxygens (including phenoxy) is 1. The number of carbonyl (C=O) groups is 4. The highest BCUT2D eigenvalue weighted by atomic mass is 16.5. The first-order valence-corrected chi connectivity index (χ1v) is 19.3. The van der Waals surface area contributed by atoms with Gasteiger partial charge in [-0.3, -0.25) is 14.4 Å². The van der Waals surface area contributed by atoms with Gasteiger partial charge in [-0.1, -0.05) is 80.8 Å². The number of para-hydroxylation sites is 1. The Morgan fingerprint density at radius 3 is 1.98 bits per heavy atom. The third-order valence-corrected chi connectivity index (χ3v) is 10.7. The van der Waals surface area contributed by atoms with Crippen molar-refractivity contribution < 1.29 is 33.5 Å². The van der Waals surface area contributed by atoms with Crippen LogP contribution in [0.1, 0.15) is 114 Å². The number of carbonyl (C=O) groups excluding carboxylic acids is 6. The van der Waals surface area contributed by atoms with Gasteiger partial charge in [0.1, 0.15) is 6.61 Å². The average molecular weight is 753 g/mol. The first kappa shape index (κ1) is 42.5. The molecule has 6 rings (SSSR count). The summed E-state index contributed by atoms with van der Waals surface area (Å²) < 4.78 is 5.18. The van der Waals surface area contributed by atoms with Gasteiger partial charge in [-0.05, 0) is 95.7 Å². The molecule has 1 saturated carbocycles. The molecule has 0 spiro atoms. The molecule has 1 aliphatic carbocycles. The van der Waals surface area contributed by atoms with Gasteiger partial charge in [-0.25, -0.2) is 4.79 Å². The van der Waals surface area contributed by atoms with Crippen molar-refractivity contribution in [2.75, 3.05) is 29.4 Å². The quantitative estimate of drug-likeness (QED) is 0.226. The Labute approximate surface area is 325 Å². The fraction of sp³-hybridized carbons (Fsp3) is 0.477. The summed E-state index contributed by atoms with van der Waals surface area (Å²) in [5.41, 5.74) is 4.47. The molecule has 0 unspecified atom stereocenters. The first-order valence-electron chi connectivity index (χ1n) is 19.3. The molecule has 55 heavy (non-hydrogen) atoms. The molecule has 2 heterocycles. The highest BCUT2D eigenvalue weighted by Gasteiger charge is 2.44. The molecule has 0 bridgehead atoms. The second kappa shape index (κ2) is 18.8. The molecule has 3 aromatic rings. The monoisotopic (exact) mass is 752 g/mol. The van der Waals surface area contributed by atoms with E-state index in [9.17, 15) is 19.2 Å². The first-order chi connectivity index (χ1) is 26.2. The highest BCUT2D eigenvalue weighted by Crippen LogP contribution is 2.43. The summed E-state index contributed by atoms with van der Waals surface area (Å²) in [5, 5.41) is 2.70. The van der Waals surface area contributed by atoms with Crippen molar-refractivity contribution >= 4 is 41.3 Å². The van der Waals surface area contributed by atoms with Crippen LogP contribution >= 0.6 is 0 Å². The number of anilines is 2. The molecule has 2 aliphatic heterocycles. The lowest BCUT2D eigenvalue weighted by atomic mass is 9.85. The molecule has 0 radical (unpaired) electrons. The number of fused-ring (bicyclic) bond motifs is 2. The highest BCUT2D eigenvalue weighted by molar-refractivity contribution is 6.09. The summed E-state index contributed by atoms with van der Waals surface area (Å²) in [5.74, 6) is 0.290. The zero-order valence-corrected chi connectivity index (χ0v) is 33.4. The van der Waals surface area contributed by atoms with E-state index in [2.05, 4.69) is 31.0 Å². The minimum atomic E-state index is -0.537. The number of rotatable bonds is 10. The lowest BCUT2D eigenvalue weighted by Crippen LogP contribution is -2.45. The summed E-state index contributed by atoms with van der Waals surface area (Å²) in [4.78, 5) is 72.7. The molecule has 4 amide bonds. The Bertz CT molecular complexity index is 1840. The minimum Gasteiger partial charge on any atom is -0.445 e. The van der Waals surface area contributed by atoms with E-state index in [0.29, 0.717) is 31.2 Å². The number of benzene rings is 3. The largest absolute Gasteiger partial charge is 0.445 e. The van der Waals surface area contributed by atoms with Gasteiger partial charge in [-0.2, -0.15) is 9.59 Å². The van der Waals surface area contributed by atoms with Gasteiger partial charge in [0.05, 0.1) is 10.8 Å². The van der Waals surface area contributed by atoms with Crippen LogP contribution in [0.5, 0.6) is 0 Å². The van der Waals surface area contributed by atoms with Crippen molar-refractivity contribution in [1.82, 2.24) is 10.2 Å². The van der Waals surface area contributed by atoms with Gasteiger partial charge in [0.15, 0.2) is 0 Å². The molecule has 0 saturated heterocycles. The average Bonchev–Trinajstić information content (AvgIpc) is 3.49. The van der Waals surface area contributed by atoms with Crippen LogP contribution in [0.3, 0.4) is 0 Å². The third-order valence-electron chi connectivity index (χ3n) is 10.7. The molecule has 11 nitrogen and oxygen atoms in total. The number of amides is 4. The minimum absolute atomic E-state index is 0.0492. The van der Waals surface area contributed by atoms with E-state index in [1.807, 2.05) is 105 Å². The van der Waals surface area contributed by atoms with Crippen LogP contribution in [0, 0.1) is 0 Å². The van der Waals surface area contributed by atoms with Crippen molar-refractivity contribution in [3.63, 3.8) is 0 Å². The van der Waals surface area contributed by atoms with Crippen LogP contribution in [0.25, 0.3) is 0 Å². The van der Waals surface area contributed by atoms with E-state index < -0.39 is 16.9 Å². The summed E-state index contributed by atoms with van der Waals surface area (Å²) in [7, 11) is 0. The van der Waals surface area contributed by atoms with E-state index in [-0.39, 0.29) is 36.5 Å². The van der Waals surface area contributed by atoms with Crippen molar-refractivity contribution in [3.05, 3.63) is 95.1 Å². The van der Waals surface area contributed by atoms with Crippen LogP contribution < -0.4 is 15.1 Å². The van der Waals surface area contributed by atoms with Gasteiger partial charge in [0.2, 0.25) is 11.8 Å². The fourth-order valence-electron chi connectivity index (χ4n) is 7.82. The molecule has 0 aromatic heterocycles. The van der Waals surface area contributed by atoms with Gasteiger partial charge < -0.3 is 24.8 Å². The van der Waals surface area contributed by atoms with Crippen molar-refractivity contribution in [2.24, 2.45) is 0 Å². The molecule has 0 atom stereocenters. The maximum Gasteiger partial charge on any atom is 0.407 e. The van der Waals surface area contributed by atoms with Crippen molar-refractivity contribution in [2.45, 2.75) is 117 Å². The molecule has 3 aromatic carbocycles.